The van der Waals surface area contributed by atoms with Gasteiger partial charge in [0.15, 0.2) is 0 Å². The van der Waals surface area contributed by atoms with E-state index in [1.165, 1.54) is 36.2 Å². The van der Waals surface area contributed by atoms with Crippen LogP contribution < -0.4 is 5.32 Å². The van der Waals surface area contributed by atoms with E-state index >= 15 is 0 Å². The van der Waals surface area contributed by atoms with Crippen molar-refractivity contribution in [2.45, 2.75) is 51.1 Å². The average molecular weight is 338 g/mol. The third-order valence-electron chi connectivity index (χ3n) is 5.45. The lowest BCUT2D eigenvalue weighted by molar-refractivity contribution is 0.0963. The van der Waals surface area contributed by atoms with Gasteiger partial charge in [0.2, 0.25) is 0 Å². The predicted octanol–water partition coefficient (Wildman–Crippen LogP) is 2.99. The van der Waals surface area contributed by atoms with Gasteiger partial charge in [0.1, 0.15) is 5.82 Å². The molecule has 5 heteroatoms. The van der Waals surface area contributed by atoms with Crippen molar-refractivity contribution in [2.75, 3.05) is 13.6 Å². The molecule has 1 fully saturated rings. The molecule has 1 aliphatic carbocycles. The van der Waals surface area contributed by atoms with Crippen LogP contribution in [-0.4, -0.2) is 34.4 Å². The van der Waals surface area contributed by atoms with Gasteiger partial charge in [-0.15, -0.1) is 0 Å². The molecule has 2 heterocycles. The molecule has 1 aliphatic heterocycles. The number of likely N-dealkylation sites (tertiary alicyclic amines) is 1. The van der Waals surface area contributed by atoms with E-state index < -0.39 is 0 Å². The number of H-pyrrole nitrogens is 1. The Labute approximate surface area is 148 Å². The van der Waals surface area contributed by atoms with Crippen LogP contribution in [0.3, 0.4) is 0 Å². The lowest BCUT2D eigenvalue weighted by Crippen LogP contribution is -2.24. The molecule has 0 saturated carbocycles. The minimum absolute atomic E-state index is 0.0291. The first-order chi connectivity index (χ1) is 12.2. The molecule has 132 valence electrons. The van der Waals surface area contributed by atoms with Gasteiger partial charge in [0.05, 0.1) is 11.7 Å². The van der Waals surface area contributed by atoms with Gasteiger partial charge in [-0.2, -0.15) is 0 Å². The van der Waals surface area contributed by atoms with Crippen LogP contribution in [0.25, 0.3) is 0 Å². The maximum atomic E-state index is 11.9. The summed E-state index contributed by atoms with van der Waals surface area (Å²) in [5.74, 6) is 1.12. The first-order valence-electron chi connectivity index (χ1n) is 9.37. The lowest BCUT2D eigenvalue weighted by Gasteiger charge is -2.23. The van der Waals surface area contributed by atoms with Gasteiger partial charge in [-0.05, 0) is 62.8 Å². The zero-order chi connectivity index (χ0) is 17.2. The highest BCUT2D eigenvalue weighted by atomic mass is 16.1. The molecule has 1 unspecified atom stereocenters. The summed E-state index contributed by atoms with van der Waals surface area (Å²) in [7, 11) is 1.67. The second kappa shape index (κ2) is 7.00. The Morgan fingerprint density at radius 3 is 3.04 bits per heavy atom. The summed E-state index contributed by atoms with van der Waals surface area (Å²) in [5.41, 5.74) is 4.55. The molecule has 1 aromatic heterocycles. The number of fused-ring (bicyclic) bond motifs is 1. The minimum atomic E-state index is -0.0291. The molecule has 1 saturated heterocycles. The molecule has 0 spiro atoms. The fourth-order valence-corrected chi connectivity index (χ4v) is 4.15. The topological polar surface area (TPSA) is 61.0 Å². The molecule has 2 aliphatic rings. The molecule has 1 aromatic carbocycles. The van der Waals surface area contributed by atoms with E-state index in [1.54, 1.807) is 7.05 Å². The molecular formula is C20H26N4O. The van der Waals surface area contributed by atoms with Crippen LogP contribution in [0.1, 0.15) is 64.9 Å². The molecular weight excluding hydrogens is 312 g/mol. The highest BCUT2D eigenvalue weighted by molar-refractivity contribution is 5.94. The normalized spacial score (nSPS) is 20.4. The van der Waals surface area contributed by atoms with E-state index in [0.717, 1.165) is 43.7 Å². The second-order valence-corrected chi connectivity index (χ2v) is 7.16. The van der Waals surface area contributed by atoms with E-state index in [9.17, 15) is 4.79 Å². The van der Waals surface area contributed by atoms with Crippen LogP contribution in [0.4, 0.5) is 0 Å². The van der Waals surface area contributed by atoms with Crippen LogP contribution in [0, 0.1) is 0 Å². The number of imidazole rings is 1. The fourth-order valence-electron chi connectivity index (χ4n) is 4.15. The molecule has 0 bridgehead atoms. The van der Waals surface area contributed by atoms with Gasteiger partial charge in [0.25, 0.3) is 5.91 Å². The van der Waals surface area contributed by atoms with Crippen LogP contribution >= 0.6 is 0 Å². The molecule has 1 amide bonds. The number of rotatable bonds is 4. The Morgan fingerprint density at radius 1 is 1.32 bits per heavy atom. The van der Waals surface area contributed by atoms with Crippen LogP contribution in [0.15, 0.2) is 24.3 Å². The van der Waals surface area contributed by atoms with Crippen molar-refractivity contribution in [3.05, 3.63) is 52.6 Å². The molecule has 25 heavy (non-hydrogen) atoms. The number of benzene rings is 1. The molecule has 1 atom stereocenters. The molecule has 2 aromatic rings. The van der Waals surface area contributed by atoms with Crippen molar-refractivity contribution in [2.24, 2.45) is 0 Å². The highest BCUT2D eigenvalue weighted by Gasteiger charge is 2.29. The first-order valence-corrected chi connectivity index (χ1v) is 9.37. The Morgan fingerprint density at radius 2 is 2.20 bits per heavy atom. The Balaban J connectivity index is 1.52. The molecule has 0 radical (unpaired) electrons. The molecule has 5 nitrogen and oxygen atoms in total. The quantitative estimate of drug-likeness (QED) is 0.901. The van der Waals surface area contributed by atoms with Crippen molar-refractivity contribution >= 4 is 5.91 Å². The zero-order valence-corrected chi connectivity index (χ0v) is 14.8. The number of aromatic nitrogens is 2. The highest BCUT2D eigenvalue weighted by Crippen LogP contribution is 2.33. The van der Waals surface area contributed by atoms with E-state index in [2.05, 4.69) is 21.3 Å². The van der Waals surface area contributed by atoms with Gasteiger partial charge >= 0.3 is 0 Å². The standard InChI is InChI=1S/C20H26N4O/c1-21-20(25)15-7-4-6-14(12-15)13-24-11-5-10-18(24)19-22-16-8-2-3-9-17(16)23-19/h4,6-7,12,18H,2-3,5,8-11,13H2,1H3,(H,21,25)(H,22,23). The number of hydrogen-bond donors (Lipinski definition) is 2. The Kier molecular flexibility index (Phi) is 4.57. The zero-order valence-electron chi connectivity index (χ0n) is 14.8. The minimum Gasteiger partial charge on any atom is -0.355 e. The maximum Gasteiger partial charge on any atom is 0.251 e. The van der Waals surface area contributed by atoms with Gasteiger partial charge in [-0.3, -0.25) is 9.69 Å². The number of nitrogens with zero attached hydrogens (tertiary/aromatic N) is 2. The average Bonchev–Trinajstić information content (AvgIpc) is 3.27. The van der Waals surface area contributed by atoms with Crippen molar-refractivity contribution in [1.82, 2.24) is 20.2 Å². The van der Waals surface area contributed by atoms with Gasteiger partial charge < -0.3 is 10.3 Å². The third-order valence-corrected chi connectivity index (χ3v) is 5.45. The predicted molar refractivity (Wildman–Crippen MR) is 97.4 cm³/mol. The molecule has 2 N–H and O–H groups in total. The molecule has 4 rings (SSSR count). The van der Waals surface area contributed by atoms with E-state index in [1.807, 2.05) is 18.2 Å². The fraction of sp³-hybridized carbons (Fsp3) is 0.500. The van der Waals surface area contributed by atoms with Crippen LogP contribution in [0.5, 0.6) is 0 Å². The number of amides is 1. The van der Waals surface area contributed by atoms with Crippen molar-refractivity contribution in [1.29, 1.82) is 0 Å². The van der Waals surface area contributed by atoms with Crippen LogP contribution in [-0.2, 0) is 19.4 Å². The first kappa shape index (κ1) is 16.3. The van der Waals surface area contributed by atoms with Crippen molar-refractivity contribution < 1.29 is 4.79 Å². The van der Waals surface area contributed by atoms with Crippen molar-refractivity contribution in [3.63, 3.8) is 0 Å². The maximum absolute atomic E-state index is 11.9. The summed E-state index contributed by atoms with van der Waals surface area (Å²) in [6, 6.07) is 8.31. The SMILES string of the molecule is CNC(=O)c1cccc(CN2CCCC2c2nc3c([nH]2)CCCC3)c1. The summed E-state index contributed by atoms with van der Waals surface area (Å²) < 4.78 is 0. The monoisotopic (exact) mass is 338 g/mol. The lowest BCUT2D eigenvalue weighted by atomic mass is 10.0. The summed E-state index contributed by atoms with van der Waals surface area (Å²) in [6.45, 7) is 1.95. The van der Waals surface area contributed by atoms with Crippen LogP contribution in [0.2, 0.25) is 0 Å². The summed E-state index contributed by atoms with van der Waals surface area (Å²) in [4.78, 5) is 22.9. The van der Waals surface area contributed by atoms with E-state index in [0.29, 0.717) is 6.04 Å². The third kappa shape index (κ3) is 3.33. The largest absolute Gasteiger partial charge is 0.355 e. The van der Waals surface area contributed by atoms with Gasteiger partial charge in [0, 0.05) is 24.8 Å². The Bertz CT molecular complexity index is 743. The summed E-state index contributed by atoms with van der Waals surface area (Å²) in [6.07, 6.45) is 7.15. The van der Waals surface area contributed by atoms with E-state index in [4.69, 9.17) is 4.98 Å². The number of aryl methyl sites for hydroxylation is 2. The summed E-state index contributed by atoms with van der Waals surface area (Å²) in [5, 5.41) is 2.70. The van der Waals surface area contributed by atoms with Gasteiger partial charge in [-0.1, -0.05) is 12.1 Å². The van der Waals surface area contributed by atoms with E-state index in [-0.39, 0.29) is 5.91 Å². The number of nitrogens with one attached hydrogen (secondary N) is 2. The number of carbonyl (C=O) groups excluding carboxylic acids is 1. The van der Waals surface area contributed by atoms with Gasteiger partial charge in [-0.25, -0.2) is 4.98 Å². The number of aromatic amines is 1. The Hall–Kier alpha value is -2.14. The smallest absolute Gasteiger partial charge is 0.251 e. The number of carbonyl (C=O) groups is 1. The van der Waals surface area contributed by atoms with Crippen molar-refractivity contribution in [3.8, 4) is 0 Å². The summed E-state index contributed by atoms with van der Waals surface area (Å²) >= 11 is 0. The second-order valence-electron chi connectivity index (χ2n) is 7.16. The number of hydrogen-bond acceptors (Lipinski definition) is 3.